The molecule has 0 radical (unpaired) electrons. The van der Waals surface area contributed by atoms with Crippen LogP contribution in [0.15, 0.2) is 24.5 Å². The number of nitrogens with zero attached hydrogens (tertiary/aromatic N) is 1. The van der Waals surface area contributed by atoms with Gasteiger partial charge in [0.15, 0.2) is 12.4 Å². The van der Waals surface area contributed by atoms with E-state index in [4.69, 9.17) is 15.4 Å². The zero-order valence-electron chi connectivity index (χ0n) is 12.1. The minimum Gasteiger partial charge on any atom is -0.387 e. The first-order valence-corrected chi connectivity index (χ1v) is 8.06. The van der Waals surface area contributed by atoms with Gasteiger partial charge in [-0.2, -0.15) is 4.57 Å². The van der Waals surface area contributed by atoms with Crippen molar-refractivity contribution < 1.29 is 42.1 Å². The highest BCUT2D eigenvalue weighted by molar-refractivity contribution is 7.47. The highest BCUT2D eigenvalue weighted by atomic mass is 31.2. The maximum Gasteiger partial charge on any atom is 0.472 e. The van der Waals surface area contributed by atoms with Crippen molar-refractivity contribution in [1.82, 2.24) is 0 Å². The lowest BCUT2D eigenvalue weighted by Gasteiger charge is -2.15. The lowest BCUT2D eigenvalue weighted by atomic mass is 10.1. The molecule has 9 nitrogen and oxygen atoms in total. The first kappa shape index (κ1) is 17.9. The Morgan fingerprint density at radius 1 is 1.61 bits per heavy atom. The average Bonchev–Trinajstić information content (AvgIpc) is 2.81. The van der Waals surface area contributed by atoms with Crippen LogP contribution in [0.5, 0.6) is 0 Å². The second kappa shape index (κ2) is 7.00. The van der Waals surface area contributed by atoms with E-state index in [0.29, 0.717) is 0 Å². The molecule has 1 fully saturated rings. The highest BCUT2D eigenvalue weighted by Gasteiger charge is 2.50. The summed E-state index contributed by atoms with van der Waals surface area (Å²) in [5.74, 6) is -0.700. The Balaban J connectivity index is 2.12. The number of hydrogen-bond acceptors (Lipinski definition) is 6. The number of phosphoric acid groups is 1. The molecule has 4 N–H and O–H groups in total. The lowest BCUT2D eigenvalue weighted by Crippen LogP contribution is -2.45. The minimum absolute atomic E-state index is 0.136. The van der Waals surface area contributed by atoms with Gasteiger partial charge in [-0.25, -0.2) is 8.96 Å². The van der Waals surface area contributed by atoms with E-state index in [1.54, 1.807) is 0 Å². The maximum absolute atomic E-state index is 14.2. The monoisotopic (exact) mass is 351 g/mol. The van der Waals surface area contributed by atoms with Gasteiger partial charge in [-0.3, -0.25) is 13.8 Å². The Morgan fingerprint density at radius 3 is 2.91 bits per heavy atom. The fraction of sp³-hybridized carbons (Fsp3) is 0.500. The third-order valence-corrected chi connectivity index (χ3v) is 4.26. The summed E-state index contributed by atoms with van der Waals surface area (Å²) in [6.07, 6.45) is -3.12. The van der Waals surface area contributed by atoms with Gasteiger partial charge in [-0.1, -0.05) is 0 Å². The molecule has 0 spiro atoms. The third-order valence-electron chi connectivity index (χ3n) is 3.33. The van der Waals surface area contributed by atoms with Gasteiger partial charge in [-0.05, 0) is 6.07 Å². The predicted octanol–water partition coefficient (Wildman–Crippen LogP) is -0.567. The fourth-order valence-electron chi connectivity index (χ4n) is 2.10. The molecule has 1 aliphatic rings. The first-order valence-electron chi connectivity index (χ1n) is 6.56. The minimum atomic E-state index is -4.27. The number of carbonyl (C=O) groups excluding carboxylic acids is 1. The van der Waals surface area contributed by atoms with Crippen LogP contribution in [0.25, 0.3) is 0 Å². The molecule has 1 saturated heterocycles. The van der Waals surface area contributed by atoms with E-state index in [1.807, 2.05) is 0 Å². The van der Waals surface area contributed by atoms with Crippen LogP contribution in [-0.2, 0) is 18.3 Å². The van der Waals surface area contributed by atoms with Gasteiger partial charge < -0.3 is 20.5 Å². The summed E-state index contributed by atoms with van der Waals surface area (Å²) >= 11 is 0. The number of halogens is 1. The topological polar surface area (TPSA) is 132 Å². The number of ether oxygens (including phenoxy) is 1. The van der Waals surface area contributed by atoms with Gasteiger partial charge in [0.25, 0.3) is 12.1 Å². The van der Waals surface area contributed by atoms with Gasteiger partial charge in [0.2, 0.25) is 6.17 Å². The van der Waals surface area contributed by atoms with Gasteiger partial charge in [-0.15, -0.1) is 0 Å². The Morgan fingerprint density at radius 2 is 2.30 bits per heavy atom. The normalized spacial score (nSPS) is 30.1. The van der Waals surface area contributed by atoms with Gasteiger partial charge in [0.05, 0.1) is 6.61 Å². The lowest BCUT2D eigenvalue weighted by molar-refractivity contribution is -0.764. The number of amides is 1. The van der Waals surface area contributed by atoms with Gasteiger partial charge in [0.1, 0.15) is 17.8 Å². The molecule has 4 unspecified atom stereocenters. The Labute approximate surface area is 131 Å². The molecule has 23 heavy (non-hydrogen) atoms. The largest absolute Gasteiger partial charge is 0.472 e. The summed E-state index contributed by atoms with van der Waals surface area (Å²) in [6, 6.07) is 2.91. The highest BCUT2D eigenvalue weighted by Crippen LogP contribution is 2.43. The van der Waals surface area contributed by atoms with Gasteiger partial charge >= 0.3 is 7.82 Å². The van der Waals surface area contributed by atoms with Crippen LogP contribution in [0, 0.1) is 0 Å². The summed E-state index contributed by atoms with van der Waals surface area (Å²) < 4.78 is 40.8. The van der Waals surface area contributed by atoms with E-state index < -0.39 is 44.9 Å². The molecule has 2 rings (SSSR count). The first-order chi connectivity index (χ1) is 10.7. The number of rotatable bonds is 6. The van der Waals surface area contributed by atoms with Crippen molar-refractivity contribution in [1.29, 1.82) is 0 Å². The summed E-state index contributed by atoms with van der Waals surface area (Å²) in [4.78, 5) is 20.3. The number of carbonyl (C=O) groups is 1. The molecular formula is C12H17FN2O7P+. The van der Waals surface area contributed by atoms with Crippen molar-refractivity contribution in [3.8, 4) is 0 Å². The molecule has 11 heteroatoms. The quantitative estimate of drug-likeness (QED) is 0.462. The molecule has 2 heterocycles. The molecule has 0 aliphatic carbocycles. The summed E-state index contributed by atoms with van der Waals surface area (Å²) in [5.41, 5.74) is 5.29. The van der Waals surface area contributed by atoms with Crippen LogP contribution in [0.3, 0.4) is 0 Å². The van der Waals surface area contributed by atoms with Crippen LogP contribution in [0.4, 0.5) is 4.39 Å². The molecular weight excluding hydrogens is 334 g/mol. The number of phosphoric ester groups is 1. The molecule has 1 amide bonds. The summed E-state index contributed by atoms with van der Waals surface area (Å²) in [6.45, 7) is -0.546. The number of nitrogens with two attached hydrogens (primary N) is 1. The van der Waals surface area contributed by atoms with Crippen molar-refractivity contribution in [3.05, 3.63) is 30.1 Å². The molecule has 128 valence electrons. The molecule has 0 aromatic carbocycles. The van der Waals surface area contributed by atoms with E-state index in [9.17, 15) is 18.9 Å². The maximum atomic E-state index is 14.2. The van der Waals surface area contributed by atoms with E-state index >= 15 is 0 Å². The summed E-state index contributed by atoms with van der Waals surface area (Å²) in [5, 5.41) is 9.84. The molecule has 1 aromatic rings. The standard InChI is InChI=1S/C12H16FN2O7P/c1-20-23(18,19)21-6-8-10(16)9(13)12(22-8)15-4-2-3-7(5-15)11(14)17/h2-5,8-10,12,16H,6H2,1H3,(H2-,14,17,18,19)/p+1/t8-,9?,10?,12?/m0/s1. The van der Waals surface area contributed by atoms with Crippen LogP contribution in [-0.4, -0.2) is 48.0 Å². The Bertz CT molecular complexity index is 631. The smallest absolute Gasteiger partial charge is 0.387 e. The molecule has 1 aliphatic heterocycles. The van der Waals surface area contributed by atoms with E-state index in [-0.39, 0.29) is 5.56 Å². The van der Waals surface area contributed by atoms with Crippen LogP contribution >= 0.6 is 7.82 Å². The van der Waals surface area contributed by atoms with Crippen molar-refractivity contribution in [3.63, 3.8) is 0 Å². The number of primary amides is 1. The summed E-state index contributed by atoms with van der Waals surface area (Å²) in [7, 11) is -3.30. The van der Waals surface area contributed by atoms with Gasteiger partial charge in [0, 0.05) is 13.2 Å². The van der Waals surface area contributed by atoms with Crippen LogP contribution < -0.4 is 10.3 Å². The second-order valence-corrected chi connectivity index (χ2v) is 6.41. The third kappa shape index (κ3) is 4.11. The zero-order chi connectivity index (χ0) is 17.2. The second-order valence-electron chi connectivity index (χ2n) is 4.85. The fourth-order valence-corrected chi connectivity index (χ4v) is 2.54. The van der Waals surface area contributed by atoms with Crippen molar-refractivity contribution in [2.45, 2.75) is 24.6 Å². The number of aliphatic hydroxyl groups excluding tert-OH is 1. The van der Waals surface area contributed by atoms with E-state index in [1.165, 1.54) is 29.1 Å². The van der Waals surface area contributed by atoms with Crippen LogP contribution in [0.1, 0.15) is 16.6 Å². The molecule has 0 saturated carbocycles. The number of pyridine rings is 1. The zero-order valence-corrected chi connectivity index (χ0v) is 13.0. The van der Waals surface area contributed by atoms with E-state index in [2.05, 4.69) is 9.05 Å². The van der Waals surface area contributed by atoms with Crippen molar-refractivity contribution in [2.75, 3.05) is 13.7 Å². The average molecular weight is 351 g/mol. The van der Waals surface area contributed by atoms with E-state index in [0.717, 1.165) is 7.11 Å². The van der Waals surface area contributed by atoms with Crippen molar-refractivity contribution >= 4 is 13.7 Å². The van der Waals surface area contributed by atoms with Crippen LogP contribution in [0.2, 0.25) is 0 Å². The Kier molecular flexibility index (Phi) is 5.45. The predicted molar refractivity (Wildman–Crippen MR) is 72.8 cm³/mol. The van der Waals surface area contributed by atoms with Crippen molar-refractivity contribution in [2.24, 2.45) is 5.73 Å². The Hall–Kier alpha value is -1.42. The number of hydrogen-bond donors (Lipinski definition) is 3. The molecule has 1 aromatic heterocycles. The number of aromatic nitrogens is 1. The SMILES string of the molecule is COP(=O)(O)OC[C@@H]1OC([n+]2cccc(C(N)=O)c2)C(F)C1O. The molecule has 0 bridgehead atoms. The number of aliphatic hydroxyl groups is 1. The number of alkyl halides is 1. The molecule has 5 atom stereocenters.